The van der Waals surface area contributed by atoms with E-state index in [1.807, 2.05) is 0 Å². The molecule has 0 radical (unpaired) electrons. The van der Waals surface area contributed by atoms with E-state index in [0.29, 0.717) is 6.04 Å². The highest BCUT2D eigenvalue weighted by molar-refractivity contribution is 7.84. The molecule has 1 aliphatic rings. The summed E-state index contributed by atoms with van der Waals surface area (Å²) in [5, 5.41) is 3.66. The van der Waals surface area contributed by atoms with Gasteiger partial charge in [0.05, 0.1) is 0 Å². The minimum Gasteiger partial charge on any atom is -0.314 e. The lowest BCUT2D eigenvalue weighted by Crippen LogP contribution is -2.33. The van der Waals surface area contributed by atoms with Gasteiger partial charge >= 0.3 is 0 Å². The molecule has 0 aromatic rings. The second-order valence-electron chi connectivity index (χ2n) is 5.60. The third-order valence-electron chi connectivity index (χ3n) is 4.01. The average Bonchev–Trinajstić information content (AvgIpc) is 2.81. The van der Waals surface area contributed by atoms with E-state index in [-0.39, 0.29) is 0 Å². The molecule has 0 aliphatic heterocycles. The Bertz CT molecular complexity index is 233. The number of rotatable bonds is 10. The van der Waals surface area contributed by atoms with Crippen LogP contribution in [0, 0.1) is 5.92 Å². The van der Waals surface area contributed by atoms with E-state index < -0.39 is 10.8 Å². The van der Waals surface area contributed by atoms with Crippen LogP contribution in [0.25, 0.3) is 0 Å². The van der Waals surface area contributed by atoms with Crippen LogP contribution in [0.4, 0.5) is 0 Å². The molecule has 1 saturated carbocycles. The molecule has 108 valence electrons. The second-order valence-corrected chi connectivity index (χ2v) is 7.29. The summed E-state index contributed by atoms with van der Waals surface area (Å²) in [6, 6.07) is 0.706. The zero-order valence-electron chi connectivity index (χ0n) is 12.2. The molecule has 1 N–H and O–H groups in total. The molecule has 0 bridgehead atoms. The smallest absolute Gasteiger partial charge is 0.0238 e. The van der Waals surface area contributed by atoms with Gasteiger partial charge in [-0.15, -0.1) is 0 Å². The van der Waals surface area contributed by atoms with E-state index in [1.54, 1.807) is 0 Å². The van der Waals surface area contributed by atoms with Crippen LogP contribution in [0.2, 0.25) is 0 Å². The molecule has 0 spiro atoms. The minimum absolute atomic E-state index is 0.566. The Morgan fingerprint density at radius 1 is 1.11 bits per heavy atom. The van der Waals surface area contributed by atoms with Crippen molar-refractivity contribution in [3.63, 3.8) is 0 Å². The lowest BCUT2D eigenvalue weighted by molar-refractivity contribution is 0.393. The maximum Gasteiger partial charge on any atom is 0.0238 e. The third-order valence-corrected chi connectivity index (χ3v) is 5.44. The summed E-state index contributed by atoms with van der Waals surface area (Å²) in [5.41, 5.74) is 0. The van der Waals surface area contributed by atoms with E-state index >= 15 is 0 Å². The Morgan fingerprint density at radius 3 is 2.67 bits per heavy atom. The summed E-state index contributed by atoms with van der Waals surface area (Å²) in [4.78, 5) is 0. The number of hydrogen-bond donors (Lipinski definition) is 1. The summed E-state index contributed by atoms with van der Waals surface area (Å²) in [5.74, 6) is 2.64. The fourth-order valence-electron chi connectivity index (χ4n) is 2.88. The van der Waals surface area contributed by atoms with Crippen LogP contribution in [0.15, 0.2) is 0 Å². The maximum absolute atomic E-state index is 11.9. The largest absolute Gasteiger partial charge is 0.314 e. The standard InChI is InChI=1S/C15H31NOS/c1-3-5-6-12-18(17)13-10-14-8-7-9-15(14)16-11-4-2/h14-16H,3-13H2,1-2H3. The van der Waals surface area contributed by atoms with Crippen molar-refractivity contribution in [3.05, 3.63) is 0 Å². The van der Waals surface area contributed by atoms with Crippen LogP contribution < -0.4 is 5.32 Å². The van der Waals surface area contributed by atoms with E-state index in [1.165, 1.54) is 44.9 Å². The van der Waals surface area contributed by atoms with Crippen molar-refractivity contribution in [2.24, 2.45) is 5.92 Å². The highest BCUT2D eigenvalue weighted by atomic mass is 32.2. The number of nitrogens with one attached hydrogen (secondary N) is 1. The van der Waals surface area contributed by atoms with Crippen LogP contribution in [-0.2, 0) is 10.8 Å². The zero-order valence-corrected chi connectivity index (χ0v) is 13.1. The Hall–Kier alpha value is 0.110. The monoisotopic (exact) mass is 273 g/mol. The van der Waals surface area contributed by atoms with Crippen LogP contribution in [-0.4, -0.2) is 28.3 Å². The van der Waals surface area contributed by atoms with Crippen molar-refractivity contribution < 1.29 is 4.21 Å². The quantitative estimate of drug-likeness (QED) is 0.617. The van der Waals surface area contributed by atoms with Gasteiger partial charge in [0, 0.05) is 28.3 Å². The van der Waals surface area contributed by atoms with Crippen molar-refractivity contribution in [2.75, 3.05) is 18.1 Å². The van der Waals surface area contributed by atoms with E-state index in [2.05, 4.69) is 19.2 Å². The molecule has 18 heavy (non-hydrogen) atoms. The first-order chi connectivity index (χ1) is 8.77. The summed E-state index contributed by atoms with van der Waals surface area (Å²) < 4.78 is 11.9. The predicted molar refractivity (Wildman–Crippen MR) is 81.4 cm³/mol. The van der Waals surface area contributed by atoms with Crippen molar-refractivity contribution >= 4 is 10.8 Å². The van der Waals surface area contributed by atoms with Crippen molar-refractivity contribution in [2.45, 2.75) is 71.3 Å². The first-order valence-corrected chi connectivity index (χ1v) is 9.35. The molecule has 0 amide bonds. The molecule has 0 aromatic carbocycles. The highest BCUT2D eigenvalue weighted by Crippen LogP contribution is 2.28. The molecule has 3 heteroatoms. The summed E-state index contributed by atoms with van der Waals surface area (Å²) in [6.45, 7) is 5.56. The molecule has 0 saturated heterocycles. The second kappa shape index (κ2) is 9.96. The van der Waals surface area contributed by atoms with Gasteiger partial charge in [-0.05, 0) is 44.6 Å². The van der Waals surface area contributed by atoms with Gasteiger partial charge in [0.2, 0.25) is 0 Å². The van der Waals surface area contributed by atoms with E-state index in [0.717, 1.165) is 30.4 Å². The number of unbranched alkanes of at least 4 members (excludes halogenated alkanes) is 2. The molecular formula is C15H31NOS. The van der Waals surface area contributed by atoms with Gasteiger partial charge in [0.1, 0.15) is 0 Å². The normalized spacial score (nSPS) is 25.4. The minimum atomic E-state index is -0.566. The van der Waals surface area contributed by atoms with Gasteiger partial charge in [-0.2, -0.15) is 0 Å². The van der Waals surface area contributed by atoms with Crippen LogP contribution in [0.5, 0.6) is 0 Å². The van der Waals surface area contributed by atoms with Crippen LogP contribution >= 0.6 is 0 Å². The SMILES string of the molecule is CCCCCS(=O)CCC1CCCC1NCCC. The van der Waals surface area contributed by atoms with Gasteiger partial charge < -0.3 is 5.32 Å². The average molecular weight is 273 g/mol. The zero-order chi connectivity index (χ0) is 13.2. The van der Waals surface area contributed by atoms with Crippen molar-refractivity contribution in [3.8, 4) is 0 Å². The Labute approximate surface area is 116 Å². The molecular weight excluding hydrogens is 242 g/mol. The van der Waals surface area contributed by atoms with Crippen molar-refractivity contribution in [1.82, 2.24) is 5.32 Å². The molecule has 0 aromatic heterocycles. The fourth-order valence-corrected chi connectivity index (χ4v) is 4.17. The van der Waals surface area contributed by atoms with Crippen LogP contribution in [0.1, 0.15) is 65.2 Å². The molecule has 3 unspecified atom stereocenters. The van der Waals surface area contributed by atoms with Gasteiger partial charge in [0.25, 0.3) is 0 Å². The third kappa shape index (κ3) is 6.33. The molecule has 1 aliphatic carbocycles. The molecule has 0 heterocycles. The lowest BCUT2D eigenvalue weighted by Gasteiger charge is -2.20. The summed E-state index contributed by atoms with van der Waals surface area (Å²) >= 11 is 0. The van der Waals surface area contributed by atoms with Crippen LogP contribution in [0.3, 0.4) is 0 Å². The molecule has 1 fully saturated rings. The van der Waals surface area contributed by atoms with E-state index in [4.69, 9.17) is 0 Å². The summed E-state index contributed by atoms with van der Waals surface area (Å²) in [7, 11) is -0.566. The first kappa shape index (κ1) is 16.2. The molecule has 2 nitrogen and oxygen atoms in total. The summed E-state index contributed by atoms with van der Waals surface area (Å²) in [6.07, 6.45) is 10.0. The van der Waals surface area contributed by atoms with Gasteiger partial charge in [-0.25, -0.2) is 0 Å². The van der Waals surface area contributed by atoms with Crippen molar-refractivity contribution in [1.29, 1.82) is 0 Å². The Morgan fingerprint density at radius 2 is 1.94 bits per heavy atom. The Balaban J connectivity index is 2.14. The molecule has 3 atom stereocenters. The maximum atomic E-state index is 11.9. The lowest BCUT2D eigenvalue weighted by atomic mass is 10.0. The first-order valence-electron chi connectivity index (χ1n) is 7.86. The van der Waals surface area contributed by atoms with Gasteiger partial charge in [0.15, 0.2) is 0 Å². The topological polar surface area (TPSA) is 29.1 Å². The number of hydrogen-bond acceptors (Lipinski definition) is 2. The van der Waals surface area contributed by atoms with Gasteiger partial charge in [-0.3, -0.25) is 4.21 Å². The molecule has 1 rings (SSSR count). The predicted octanol–water partition coefficient (Wildman–Crippen LogP) is 3.48. The highest BCUT2D eigenvalue weighted by Gasteiger charge is 2.26. The fraction of sp³-hybridized carbons (Fsp3) is 1.00. The van der Waals surface area contributed by atoms with E-state index in [9.17, 15) is 4.21 Å². The van der Waals surface area contributed by atoms with Gasteiger partial charge in [-0.1, -0.05) is 33.1 Å². The Kier molecular flexibility index (Phi) is 8.95.